The molecule has 0 fully saturated rings. The predicted molar refractivity (Wildman–Crippen MR) is 64.6 cm³/mol. The van der Waals surface area contributed by atoms with Gasteiger partial charge < -0.3 is 16.2 Å². The molecular weight excluding hydrogens is 260 g/mol. The van der Waals surface area contributed by atoms with Crippen LogP contribution >= 0.6 is 0 Å². The molecule has 18 heavy (non-hydrogen) atoms. The number of nitrogens with zero attached hydrogens (tertiary/aromatic N) is 1. The molecule has 0 saturated carbocycles. The third-order valence-electron chi connectivity index (χ3n) is 1.94. The van der Waals surface area contributed by atoms with Gasteiger partial charge in [0.1, 0.15) is 4.90 Å². The number of aliphatic imine (C=N–C) groups is 1. The summed E-state index contributed by atoms with van der Waals surface area (Å²) in [4.78, 5) is 14.6. The number of ether oxygens (including phenoxy) is 1. The van der Waals surface area contributed by atoms with E-state index in [2.05, 4.69) is 9.73 Å². The van der Waals surface area contributed by atoms with Crippen molar-refractivity contribution >= 4 is 27.6 Å². The third-order valence-corrected chi connectivity index (χ3v) is 2.89. The fourth-order valence-corrected chi connectivity index (χ4v) is 1.88. The Kier molecular flexibility index (Phi) is 3.89. The Hall–Kier alpha value is -2.13. The van der Waals surface area contributed by atoms with Crippen molar-refractivity contribution in [1.82, 2.24) is 0 Å². The molecule has 1 aromatic carbocycles. The van der Waals surface area contributed by atoms with Crippen LogP contribution in [0.25, 0.3) is 0 Å². The highest BCUT2D eigenvalue weighted by Gasteiger charge is 2.16. The number of benzene rings is 1. The monoisotopic (exact) mass is 272 g/mol. The minimum absolute atomic E-state index is 0.102. The van der Waals surface area contributed by atoms with Gasteiger partial charge in [-0.2, -0.15) is 0 Å². The van der Waals surface area contributed by atoms with Crippen molar-refractivity contribution in [3.63, 3.8) is 0 Å². The number of sulfonamides is 1. The number of rotatable bonds is 3. The van der Waals surface area contributed by atoms with Gasteiger partial charge in [-0.15, -0.1) is 0 Å². The van der Waals surface area contributed by atoms with Crippen molar-refractivity contribution in [2.45, 2.75) is 4.90 Å². The van der Waals surface area contributed by atoms with E-state index in [0.29, 0.717) is 0 Å². The first kappa shape index (κ1) is 13.9. The van der Waals surface area contributed by atoms with Gasteiger partial charge in [-0.3, -0.25) is 0 Å². The molecule has 9 heteroatoms. The van der Waals surface area contributed by atoms with Crippen LogP contribution in [0.1, 0.15) is 10.4 Å². The zero-order chi connectivity index (χ0) is 13.9. The van der Waals surface area contributed by atoms with Crippen LogP contribution in [0.3, 0.4) is 0 Å². The normalized spacial score (nSPS) is 10.8. The van der Waals surface area contributed by atoms with Crippen LogP contribution in [0.5, 0.6) is 0 Å². The Labute approximate surface area is 103 Å². The first-order valence-corrected chi connectivity index (χ1v) is 6.15. The summed E-state index contributed by atoms with van der Waals surface area (Å²) in [6.45, 7) is 0. The van der Waals surface area contributed by atoms with Crippen LogP contribution in [0.15, 0.2) is 28.1 Å². The molecule has 0 bridgehead atoms. The van der Waals surface area contributed by atoms with Crippen LogP contribution < -0.4 is 16.6 Å². The summed E-state index contributed by atoms with van der Waals surface area (Å²) in [5, 5.41) is 5.00. The SMILES string of the molecule is COC(=O)c1ccc(S(N)(=O)=O)c(N=C(N)N)c1. The fraction of sp³-hybridized carbons (Fsp3) is 0.111. The van der Waals surface area contributed by atoms with Gasteiger partial charge in [0.15, 0.2) is 5.96 Å². The number of nitrogens with two attached hydrogens (primary N) is 3. The molecule has 0 saturated heterocycles. The molecule has 1 aromatic rings. The van der Waals surface area contributed by atoms with E-state index in [1.165, 1.54) is 19.2 Å². The molecule has 0 heterocycles. The van der Waals surface area contributed by atoms with E-state index in [1.54, 1.807) is 0 Å². The maximum Gasteiger partial charge on any atom is 0.337 e. The molecule has 0 aliphatic heterocycles. The van der Waals surface area contributed by atoms with Gasteiger partial charge in [-0.1, -0.05) is 0 Å². The molecule has 0 atom stereocenters. The summed E-state index contributed by atoms with van der Waals surface area (Å²) in [6, 6.07) is 3.55. The summed E-state index contributed by atoms with van der Waals surface area (Å²) < 4.78 is 27.1. The first-order valence-electron chi connectivity index (χ1n) is 4.60. The van der Waals surface area contributed by atoms with Gasteiger partial charge in [0, 0.05) is 0 Å². The van der Waals surface area contributed by atoms with E-state index in [0.717, 1.165) is 6.07 Å². The summed E-state index contributed by atoms with van der Waals surface area (Å²) >= 11 is 0. The van der Waals surface area contributed by atoms with Crippen LogP contribution in [0.4, 0.5) is 5.69 Å². The molecule has 0 amide bonds. The lowest BCUT2D eigenvalue weighted by atomic mass is 10.2. The van der Waals surface area contributed by atoms with Crippen LogP contribution in [0.2, 0.25) is 0 Å². The van der Waals surface area contributed by atoms with E-state index >= 15 is 0 Å². The molecule has 8 nitrogen and oxygen atoms in total. The largest absolute Gasteiger partial charge is 0.465 e. The standard InChI is InChI=1S/C9H12N4O4S/c1-17-8(14)5-2-3-7(18(12,15)16)6(4-5)13-9(10)11/h2-4H,1H3,(H4,10,11,13)(H2,12,15,16). The summed E-state index contributed by atoms with van der Waals surface area (Å²) in [7, 11) is -2.81. The Morgan fingerprint density at radius 1 is 1.33 bits per heavy atom. The van der Waals surface area contributed by atoms with E-state index in [-0.39, 0.29) is 22.1 Å². The van der Waals surface area contributed by atoms with Crippen molar-refractivity contribution < 1.29 is 17.9 Å². The van der Waals surface area contributed by atoms with Gasteiger partial charge in [-0.05, 0) is 18.2 Å². The van der Waals surface area contributed by atoms with Crippen molar-refractivity contribution in [1.29, 1.82) is 0 Å². The molecule has 0 aliphatic carbocycles. The van der Waals surface area contributed by atoms with Crippen LogP contribution in [-0.2, 0) is 14.8 Å². The highest BCUT2D eigenvalue weighted by atomic mass is 32.2. The second-order valence-corrected chi connectivity index (χ2v) is 4.79. The lowest BCUT2D eigenvalue weighted by Gasteiger charge is -2.06. The highest BCUT2D eigenvalue weighted by molar-refractivity contribution is 7.89. The van der Waals surface area contributed by atoms with Crippen molar-refractivity contribution in [3.05, 3.63) is 23.8 Å². The molecular formula is C9H12N4O4S. The van der Waals surface area contributed by atoms with Gasteiger partial charge >= 0.3 is 5.97 Å². The van der Waals surface area contributed by atoms with E-state index in [1.807, 2.05) is 0 Å². The number of hydrogen-bond donors (Lipinski definition) is 3. The Bertz CT molecular complexity index is 605. The second kappa shape index (κ2) is 5.02. The van der Waals surface area contributed by atoms with Crippen molar-refractivity contribution in [2.75, 3.05) is 7.11 Å². The molecule has 1 rings (SSSR count). The Morgan fingerprint density at radius 2 is 1.94 bits per heavy atom. The molecule has 0 radical (unpaired) electrons. The lowest BCUT2D eigenvalue weighted by Crippen LogP contribution is -2.22. The molecule has 0 unspecified atom stereocenters. The van der Waals surface area contributed by atoms with Crippen molar-refractivity contribution in [2.24, 2.45) is 21.6 Å². The number of methoxy groups -OCH3 is 1. The van der Waals surface area contributed by atoms with Gasteiger partial charge in [0.25, 0.3) is 0 Å². The van der Waals surface area contributed by atoms with Crippen molar-refractivity contribution in [3.8, 4) is 0 Å². The van der Waals surface area contributed by atoms with Crippen LogP contribution in [-0.4, -0.2) is 27.5 Å². The quantitative estimate of drug-likeness (QED) is 0.365. The maximum absolute atomic E-state index is 11.3. The van der Waals surface area contributed by atoms with Gasteiger partial charge in [0.2, 0.25) is 10.0 Å². The van der Waals surface area contributed by atoms with Gasteiger partial charge in [-0.25, -0.2) is 23.3 Å². The Morgan fingerprint density at radius 3 is 2.39 bits per heavy atom. The molecule has 6 N–H and O–H groups in total. The first-order chi connectivity index (χ1) is 8.25. The minimum Gasteiger partial charge on any atom is -0.465 e. The van der Waals surface area contributed by atoms with Gasteiger partial charge in [0.05, 0.1) is 18.4 Å². The van der Waals surface area contributed by atoms with E-state index in [9.17, 15) is 13.2 Å². The lowest BCUT2D eigenvalue weighted by molar-refractivity contribution is 0.0600. The third kappa shape index (κ3) is 3.18. The molecule has 0 aromatic heterocycles. The number of carbonyl (C=O) groups excluding carboxylic acids is 1. The molecule has 98 valence electrons. The average Bonchev–Trinajstić information content (AvgIpc) is 2.25. The van der Waals surface area contributed by atoms with E-state index < -0.39 is 16.0 Å². The zero-order valence-corrected chi connectivity index (χ0v) is 10.3. The second-order valence-electron chi connectivity index (χ2n) is 3.26. The smallest absolute Gasteiger partial charge is 0.337 e. The zero-order valence-electron chi connectivity index (χ0n) is 9.45. The number of carbonyl (C=O) groups is 1. The molecule has 0 spiro atoms. The number of guanidine groups is 1. The summed E-state index contributed by atoms with van der Waals surface area (Å²) in [5.41, 5.74) is 10.3. The highest BCUT2D eigenvalue weighted by Crippen LogP contribution is 2.24. The topological polar surface area (TPSA) is 151 Å². The summed E-state index contributed by atoms with van der Waals surface area (Å²) in [6.07, 6.45) is 0. The Balaban J connectivity index is 3.49. The minimum atomic E-state index is -4.00. The fourth-order valence-electron chi connectivity index (χ4n) is 1.23. The maximum atomic E-state index is 11.3. The molecule has 0 aliphatic rings. The summed E-state index contributed by atoms with van der Waals surface area (Å²) in [5.74, 6) is -1.01. The van der Waals surface area contributed by atoms with Crippen LogP contribution in [0, 0.1) is 0 Å². The predicted octanol–water partition coefficient (Wildman–Crippen LogP) is -0.974. The number of hydrogen-bond acceptors (Lipinski definition) is 5. The number of esters is 1. The number of primary sulfonamides is 1. The van der Waals surface area contributed by atoms with E-state index in [4.69, 9.17) is 16.6 Å². The average molecular weight is 272 g/mol.